The molecule has 2 amide bonds. The Kier molecular flexibility index (Phi) is 7.58. The number of allylic oxidation sites excluding steroid dienone is 1. The number of urea groups is 1. The fourth-order valence-corrected chi connectivity index (χ4v) is 4.77. The quantitative estimate of drug-likeness (QED) is 0.405. The first-order chi connectivity index (χ1) is 15.4. The molecule has 1 saturated heterocycles. The molecule has 174 valence electrons. The standard InChI is InChI=1S/C24H36N6O2/c1-19(26-14-15-32-4)27-17-21(16-25)30-18-23(28-22(30)31)10-12-24(13-11-23,29(2)3)20-8-6-5-7-9-20/h5-9,16-17,26H,1,10-15,18,25H2,2-4H3,(H,28,31)/b21-16+,27-17-/t23-,24+. The van der Waals surface area contributed by atoms with Crippen molar-refractivity contribution in [1.29, 1.82) is 0 Å². The predicted octanol–water partition coefficient (Wildman–Crippen LogP) is 2.36. The minimum atomic E-state index is -0.263. The van der Waals surface area contributed by atoms with Gasteiger partial charge in [-0.25, -0.2) is 9.79 Å². The van der Waals surface area contributed by atoms with E-state index in [4.69, 9.17) is 10.5 Å². The zero-order valence-corrected chi connectivity index (χ0v) is 19.4. The highest BCUT2D eigenvalue weighted by molar-refractivity contribution is 5.89. The third kappa shape index (κ3) is 4.97. The molecule has 0 unspecified atom stereocenters. The van der Waals surface area contributed by atoms with Crippen molar-refractivity contribution in [3.05, 3.63) is 60.2 Å². The van der Waals surface area contributed by atoms with Crippen molar-refractivity contribution in [2.45, 2.75) is 36.8 Å². The lowest BCUT2D eigenvalue weighted by molar-refractivity contribution is 0.0630. The fraction of sp³-hybridized carbons (Fsp3) is 0.500. The van der Waals surface area contributed by atoms with Crippen LogP contribution in [0.5, 0.6) is 0 Å². The number of carbonyl (C=O) groups excluding carboxylic acids is 1. The number of methoxy groups -OCH3 is 1. The van der Waals surface area contributed by atoms with E-state index < -0.39 is 0 Å². The fourth-order valence-electron chi connectivity index (χ4n) is 4.77. The van der Waals surface area contributed by atoms with Crippen molar-refractivity contribution in [3.63, 3.8) is 0 Å². The van der Waals surface area contributed by atoms with Gasteiger partial charge in [-0.1, -0.05) is 36.9 Å². The van der Waals surface area contributed by atoms with Crippen LogP contribution in [0.25, 0.3) is 0 Å². The van der Waals surface area contributed by atoms with Crippen LogP contribution >= 0.6 is 0 Å². The second kappa shape index (κ2) is 10.2. The molecule has 8 nitrogen and oxygen atoms in total. The summed E-state index contributed by atoms with van der Waals surface area (Å²) in [5.41, 5.74) is 7.45. The van der Waals surface area contributed by atoms with Crippen LogP contribution in [-0.2, 0) is 10.3 Å². The van der Waals surface area contributed by atoms with Gasteiger partial charge in [0.05, 0.1) is 30.6 Å². The SMILES string of the molecule is C=C(/N=C\C(=C/N)N1C[C@]2(CC[C@](c3ccccc3)(N(C)C)CC2)NC1=O)NCCOC. The van der Waals surface area contributed by atoms with Gasteiger partial charge < -0.3 is 21.1 Å². The second-order valence-electron chi connectivity index (χ2n) is 8.80. The van der Waals surface area contributed by atoms with Gasteiger partial charge in [0, 0.05) is 25.4 Å². The number of rotatable bonds is 9. The van der Waals surface area contributed by atoms with E-state index in [1.165, 1.54) is 11.8 Å². The normalized spacial score (nSPS) is 26.2. The van der Waals surface area contributed by atoms with E-state index in [-0.39, 0.29) is 17.1 Å². The Bertz CT molecular complexity index is 857. The predicted molar refractivity (Wildman–Crippen MR) is 128 cm³/mol. The van der Waals surface area contributed by atoms with E-state index >= 15 is 0 Å². The van der Waals surface area contributed by atoms with Crippen molar-refractivity contribution in [2.75, 3.05) is 40.9 Å². The maximum absolute atomic E-state index is 12.9. The smallest absolute Gasteiger partial charge is 0.322 e. The summed E-state index contributed by atoms with van der Waals surface area (Å²) < 4.78 is 5.00. The number of hydrogen-bond acceptors (Lipinski definition) is 6. The summed E-state index contributed by atoms with van der Waals surface area (Å²) in [6.45, 7) is 5.60. The zero-order valence-electron chi connectivity index (χ0n) is 19.4. The van der Waals surface area contributed by atoms with Crippen LogP contribution in [0.3, 0.4) is 0 Å². The molecule has 1 aromatic rings. The third-order valence-corrected chi connectivity index (χ3v) is 6.75. The minimum Gasteiger partial charge on any atom is -0.403 e. The van der Waals surface area contributed by atoms with Crippen LogP contribution in [0.1, 0.15) is 31.2 Å². The average Bonchev–Trinajstić information content (AvgIpc) is 3.11. The highest BCUT2D eigenvalue weighted by Crippen LogP contribution is 2.46. The Morgan fingerprint density at radius 3 is 2.59 bits per heavy atom. The van der Waals surface area contributed by atoms with Crippen molar-refractivity contribution >= 4 is 12.2 Å². The van der Waals surface area contributed by atoms with Gasteiger partial charge in [-0.2, -0.15) is 0 Å². The van der Waals surface area contributed by atoms with E-state index in [1.807, 2.05) is 0 Å². The number of hydrogen-bond donors (Lipinski definition) is 3. The molecule has 2 fully saturated rings. The van der Waals surface area contributed by atoms with Crippen LogP contribution < -0.4 is 16.4 Å². The molecule has 1 aliphatic carbocycles. The van der Waals surface area contributed by atoms with E-state index in [0.717, 1.165) is 25.7 Å². The number of ether oxygens (including phenoxy) is 1. The lowest BCUT2D eigenvalue weighted by atomic mass is 9.69. The van der Waals surface area contributed by atoms with Crippen LogP contribution in [0.15, 0.2) is 59.6 Å². The first-order valence-electron chi connectivity index (χ1n) is 11.1. The monoisotopic (exact) mass is 440 g/mol. The third-order valence-electron chi connectivity index (χ3n) is 6.75. The van der Waals surface area contributed by atoms with Crippen molar-refractivity contribution in [2.24, 2.45) is 10.7 Å². The molecular formula is C24H36N6O2. The van der Waals surface area contributed by atoms with Gasteiger partial charge in [0.1, 0.15) is 5.82 Å². The van der Waals surface area contributed by atoms with Gasteiger partial charge in [0.2, 0.25) is 0 Å². The number of carbonyl (C=O) groups is 1. The maximum atomic E-state index is 12.9. The van der Waals surface area contributed by atoms with Crippen LogP contribution in [0, 0.1) is 0 Å². The summed E-state index contributed by atoms with van der Waals surface area (Å²) in [6, 6.07) is 10.5. The van der Waals surface area contributed by atoms with E-state index in [2.05, 4.69) is 71.5 Å². The maximum Gasteiger partial charge on any atom is 0.322 e. The first-order valence-corrected chi connectivity index (χ1v) is 11.1. The van der Waals surface area contributed by atoms with E-state index in [1.54, 1.807) is 18.2 Å². The summed E-state index contributed by atoms with van der Waals surface area (Å²) in [6.07, 6.45) is 6.71. The summed E-state index contributed by atoms with van der Waals surface area (Å²) in [7, 11) is 5.92. The van der Waals surface area contributed by atoms with Crippen LogP contribution in [0.2, 0.25) is 0 Å². The number of amides is 2. The lowest BCUT2D eigenvalue weighted by Gasteiger charge is -2.48. The largest absolute Gasteiger partial charge is 0.403 e. The van der Waals surface area contributed by atoms with Crippen molar-refractivity contribution in [3.8, 4) is 0 Å². The number of nitrogens with zero attached hydrogens (tertiary/aromatic N) is 3. The Labute approximate surface area is 191 Å². The van der Waals surface area contributed by atoms with Gasteiger partial charge in [-0.3, -0.25) is 9.80 Å². The molecule has 3 rings (SSSR count). The molecule has 0 aromatic heterocycles. The molecule has 32 heavy (non-hydrogen) atoms. The number of aliphatic imine (C=N–C) groups is 1. The highest BCUT2D eigenvalue weighted by Gasteiger charge is 2.50. The minimum absolute atomic E-state index is 0.0235. The molecule has 8 heteroatoms. The topological polar surface area (TPSA) is 95.2 Å². The van der Waals surface area contributed by atoms with Gasteiger partial charge in [0.15, 0.2) is 0 Å². The van der Waals surface area contributed by atoms with Gasteiger partial charge in [-0.05, 0) is 45.3 Å². The van der Waals surface area contributed by atoms with Crippen LogP contribution in [-0.4, -0.2) is 68.5 Å². The Morgan fingerprint density at radius 2 is 2.00 bits per heavy atom. The Hall–Kier alpha value is -2.84. The molecule has 1 saturated carbocycles. The number of nitrogens with two attached hydrogens (primary N) is 1. The highest BCUT2D eigenvalue weighted by atomic mass is 16.5. The molecule has 0 bridgehead atoms. The molecule has 1 aromatic carbocycles. The zero-order chi connectivity index (χ0) is 23.2. The number of benzene rings is 1. The molecule has 0 atom stereocenters. The summed E-state index contributed by atoms with van der Waals surface area (Å²) >= 11 is 0. The average molecular weight is 441 g/mol. The van der Waals surface area contributed by atoms with Crippen LogP contribution in [0.4, 0.5) is 4.79 Å². The first kappa shape index (κ1) is 23.8. The molecular weight excluding hydrogens is 404 g/mol. The summed E-state index contributed by atoms with van der Waals surface area (Å²) in [4.78, 5) is 21.2. The van der Waals surface area contributed by atoms with E-state index in [0.29, 0.717) is 31.2 Å². The molecule has 1 aliphatic heterocycles. The molecule has 0 radical (unpaired) electrons. The molecule has 2 aliphatic rings. The lowest BCUT2D eigenvalue weighted by Crippen LogP contribution is -2.54. The Balaban J connectivity index is 1.68. The number of nitrogens with one attached hydrogen (secondary N) is 2. The molecule has 1 spiro atoms. The second-order valence-corrected chi connectivity index (χ2v) is 8.80. The van der Waals surface area contributed by atoms with Gasteiger partial charge in [-0.15, -0.1) is 0 Å². The van der Waals surface area contributed by atoms with E-state index in [9.17, 15) is 4.79 Å². The van der Waals surface area contributed by atoms with Gasteiger partial charge in [0.25, 0.3) is 0 Å². The van der Waals surface area contributed by atoms with Gasteiger partial charge >= 0.3 is 6.03 Å². The molecule has 1 heterocycles. The van der Waals surface area contributed by atoms with Crippen molar-refractivity contribution < 1.29 is 9.53 Å². The summed E-state index contributed by atoms with van der Waals surface area (Å²) in [5.74, 6) is 0.493. The Morgan fingerprint density at radius 1 is 1.31 bits per heavy atom. The summed E-state index contributed by atoms with van der Waals surface area (Å²) in [5, 5.41) is 6.30. The molecule has 4 N–H and O–H groups in total. The van der Waals surface area contributed by atoms with Crippen molar-refractivity contribution in [1.82, 2.24) is 20.4 Å².